The molecule has 0 saturated carbocycles. The van der Waals surface area contributed by atoms with E-state index in [9.17, 15) is 19.8 Å². The molecular formula is C15H23N3O4S. The Labute approximate surface area is 139 Å². The Morgan fingerprint density at radius 1 is 1.57 bits per heavy atom. The van der Waals surface area contributed by atoms with E-state index in [-0.39, 0.29) is 34.9 Å². The Kier molecular flexibility index (Phi) is 4.43. The van der Waals surface area contributed by atoms with Crippen LogP contribution in [0.3, 0.4) is 0 Å². The summed E-state index contributed by atoms with van der Waals surface area (Å²) in [7, 11) is 0. The minimum atomic E-state index is -1.07. The maximum absolute atomic E-state index is 12.3. The lowest BCUT2D eigenvalue weighted by atomic mass is 9.79. The number of carbonyl (C=O) groups is 2. The van der Waals surface area contributed by atoms with Crippen molar-refractivity contribution in [1.29, 1.82) is 0 Å². The number of nitrogens with two attached hydrogens (primary N) is 1. The third kappa shape index (κ3) is 2.57. The van der Waals surface area contributed by atoms with Gasteiger partial charge in [-0.05, 0) is 13.3 Å². The van der Waals surface area contributed by atoms with Gasteiger partial charge in [-0.1, -0.05) is 6.92 Å². The highest BCUT2D eigenvalue weighted by molar-refractivity contribution is 8.03. The molecule has 0 aromatic rings. The summed E-state index contributed by atoms with van der Waals surface area (Å²) in [5.74, 6) is -1.92. The summed E-state index contributed by atoms with van der Waals surface area (Å²) < 4.78 is 0. The van der Waals surface area contributed by atoms with Crippen LogP contribution >= 0.6 is 11.8 Å². The molecule has 3 rings (SSSR count). The summed E-state index contributed by atoms with van der Waals surface area (Å²) in [5.41, 5.74) is 5.77. The molecule has 3 heterocycles. The highest BCUT2D eigenvalue weighted by Crippen LogP contribution is 2.51. The number of aliphatic hydroxyl groups excluding tert-OH is 1. The Hall–Kier alpha value is -1.09. The second-order valence-electron chi connectivity index (χ2n) is 6.59. The van der Waals surface area contributed by atoms with Gasteiger partial charge in [-0.2, -0.15) is 0 Å². The minimum Gasteiger partial charge on any atom is -0.477 e. The first kappa shape index (κ1) is 16.8. The molecule has 0 aliphatic carbocycles. The highest BCUT2D eigenvalue weighted by Gasteiger charge is 2.60. The van der Waals surface area contributed by atoms with Crippen LogP contribution in [0.4, 0.5) is 0 Å². The lowest BCUT2D eigenvalue weighted by Gasteiger charge is -2.46. The maximum Gasteiger partial charge on any atom is 0.353 e. The van der Waals surface area contributed by atoms with Gasteiger partial charge in [0.05, 0.1) is 18.1 Å². The molecule has 2 fully saturated rings. The van der Waals surface area contributed by atoms with E-state index in [0.29, 0.717) is 6.54 Å². The number of thioether (sulfide) groups is 1. The van der Waals surface area contributed by atoms with Gasteiger partial charge in [0.1, 0.15) is 5.70 Å². The number of carbonyl (C=O) groups excluding carboxylic acids is 1. The molecule has 1 amide bonds. The average Bonchev–Trinajstić information content (AvgIpc) is 3.02. The van der Waals surface area contributed by atoms with E-state index < -0.39 is 18.0 Å². The van der Waals surface area contributed by atoms with Crippen molar-refractivity contribution in [3.05, 3.63) is 10.6 Å². The van der Waals surface area contributed by atoms with Crippen molar-refractivity contribution in [2.24, 2.45) is 17.6 Å². The average molecular weight is 341 g/mol. The largest absolute Gasteiger partial charge is 0.477 e. The van der Waals surface area contributed by atoms with E-state index in [1.165, 1.54) is 4.90 Å². The number of nitrogens with one attached hydrogen (secondary N) is 1. The molecule has 0 radical (unpaired) electrons. The predicted octanol–water partition coefficient (Wildman–Crippen LogP) is -0.437. The maximum atomic E-state index is 12.3. The molecule has 0 aromatic carbocycles. The summed E-state index contributed by atoms with van der Waals surface area (Å²) >= 11 is 1.55. The molecule has 0 unspecified atom stereocenters. The predicted molar refractivity (Wildman–Crippen MR) is 86.5 cm³/mol. The van der Waals surface area contributed by atoms with Crippen molar-refractivity contribution in [2.45, 2.75) is 43.7 Å². The second kappa shape index (κ2) is 6.08. The fourth-order valence-corrected chi connectivity index (χ4v) is 5.43. The van der Waals surface area contributed by atoms with E-state index in [0.717, 1.165) is 17.9 Å². The Morgan fingerprint density at radius 3 is 2.78 bits per heavy atom. The van der Waals surface area contributed by atoms with E-state index >= 15 is 0 Å². The first-order valence-corrected chi connectivity index (χ1v) is 8.83. The zero-order chi connectivity index (χ0) is 16.9. The molecule has 3 aliphatic heterocycles. The van der Waals surface area contributed by atoms with Gasteiger partial charge in [0.2, 0.25) is 5.91 Å². The Morgan fingerprint density at radius 2 is 2.26 bits per heavy atom. The fourth-order valence-electron chi connectivity index (χ4n) is 3.91. The smallest absolute Gasteiger partial charge is 0.353 e. The molecule has 3 aliphatic rings. The quantitative estimate of drug-likeness (QED) is 0.501. The molecular weight excluding hydrogens is 318 g/mol. The number of hydrogen-bond acceptors (Lipinski definition) is 6. The van der Waals surface area contributed by atoms with Crippen molar-refractivity contribution in [1.82, 2.24) is 10.2 Å². The van der Waals surface area contributed by atoms with Crippen LogP contribution in [0.15, 0.2) is 10.6 Å². The number of carboxylic acid groups (broad SMARTS) is 1. The standard InChI is InChI=1S/C15H23N3O4S/c1-6-11-10(7(2)19)14(20)18(11)12(15(21)22)13(6)23-9-3-8(4-16)17-5-9/h6-11,17,19H,3-5,16H2,1-2H3,(H,21,22)/t6-,7-,8+,9+,10-,11-/m1/s1. The molecule has 23 heavy (non-hydrogen) atoms. The summed E-state index contributed by atoms with van der Waals surface area (Å²) in [5, 5.41) is 23.0. The lowest BCUT2D eigenvalue weighted by Crippen LogP contribution is -2.63. The molecule has 2 saturated heterocycles. The van der Waals surface area contributed by atoms with Crippen LogP contribution < -0.4 is 11.1 Å². The zero-order valence-corrected chi connectivity index (χ0v) is 14.0. The highest BCUT2D eigenvalue weighted by atomic mass is 32.2. The number of carboxylic acids is 1. The summed E-state index contributed by atoms with van der Waals surface area (Å²) in [6.07, 6.45) is 0.128. The number of fused-ring (bicyclic) bond motifs is 1. The van der Waals surface area contributed by atoms with E-state index in [1.54, 1.807) is 18.7 Å². The monoisotopic (exact) mass is 341 g/mol. The van der Waals surface area contributed by atoms with Gasteiger partial charge >= 0.3 is 5.97 Å². The number of β-lactam (4-membered cyclic amide) rings is 1. The fraction of sp³-hybridized carbons (Fsp3) is 0.733. The number of aliphatic carboxylic acids is 1. The summed E-state index contributed by atoms with van der Waals surface area (Å²) in [6, 6.07) is 0.0257. The number of hydrogen-bond donors (Lipinski definition) is 4. The number of rotatable bonds is 5. The third-order valence-electron chi connectivity index (χ3n) is 5.07. The van der Waals surface area contributed by atoms with Gasteiger partial charge in [-0.25, -0.2) is 4.79 Å². The SMILES string of the molecule is C[C@@H](O)[C@H]1C(=O)N2C(C(=O)O)=C(S[C@@H]3CN[C@H](CN)C3)[C@H](C)[C@H]12. The van der Waals surface area contributed by atoms with Gasteiger partial charge in [0, 0.05) is 35.2 Å². The Balaban J connectivity index is 1.83. The molecule has 5 N–H and O–H groups in total. The van der Waals surface area contributed by atoms with Gasteiger partial charge < -0.3 is 26.2 Å². The first-order valence-electron chi connectivity index (χ1n) is 7.95. The summed E-state index contributed by atoms with van der Waals surface area (Å²) in [6.45, 7) is 4.88. The molecule has 7 nitrogen and oxygen atoms in total. The topological polar surface area (TPSA) is 116 Å². The van der Waals surface area contributed by atoms with Crippen LogP contribution in [0.2, 0.25) is 0 Å². The third-order valence-corrected chi connectivity index (χ3v) is 6.58. The van der Waals surface area contributed by atoms with Crippen LogP contribution in [-0.4, -0.2) is 63.5 Å². The number of amides is 1. The molecule has 0 spiro atoms. The molecule has 8 heteroatoms. The van der Waals surface area contributed by atoms with E-state index in [4.69, 9.17) is 5.73 Å². The van der Waals surface area contributed by atoms with Crippen LogP contribution in [0, 0.1) is 11.8 Å². The molecule has 0 bridgehead atoms. The molecule has 0 aromatic heterocycles. The normalized spacial score (nSPS) is 37.8. The van der Waals surface area contributed by atoms with Crippen LogP contribution in [0.25, 0.3) is 0 Å². The number of nitrogens with zero attached hydrogens (tertiary/aromatic N) is 1. The van der Waals surface area contributed by atoms with Crippen molar-refractivity contribution >= 4 is 23.6 Å². The lowest BCUT2D eigenvalue weighted by molar-refractivity contribution is -0.163. The van der Waals surface area contributed by atoms with Crippen LogP contribution in [0.1, 0.15) is 20.3 Å². The minimum absolute atomic E-state index is 0.0691. The van der Waals surface area contributed by atoms with Gasteiger partial charge in [0.25, 0.3) is 0 Å². The van der Waals surface area contributed by atoms with Crippen molar-refractivity contribution in [3.8, 4) is 0 Å². The van der Waals surface area contributed by atoms with Gasteiger partial charge in [-0.15, -0.1) is 11.8 Å². The second-order valence-corrected chi connectivity index (χ2v) is 7.93. The molecule has 128 valence electrons. The van der Waals surface area contributed by atoms with Crippen molar-refractivity contribution < 1.29 is 19.8 Å². The first-order chi connectivity index (χ1) is 10.9. The number of aliphatic hydroxyl groups is 1. The molecule has 6 atom stereocenters. The summed E-state index contributed by atoms with van der Waals surface area (Å²) in [4.78, 5) is 26.1. The van der Waals surface area contributed by atoms with Crippen LogP contribution in [-0.2, 0) is 9.59 Å². The van der Waals surface area contributed by atoms with Gasteiger partial charge in [-0.3, -0.25) is 4.79 Å². The Bertz CT molecular complexity index is 565. The van der Waals surface area contributed by atoms with Gasteiger partial charge in [0.15, 0.2) is 0 Å². The van der Waals surface area contributed by atoms with E-state index in [2.05, 4.69) is 5.32 Å². The van der Waals surface area contributed by atoms with E-state index in [1.807, 2.05) is 6.92 Å². The van der Waals surface area contributed by atoms with Crippen molar-refractivity contribution in [2.75, 3.05) is 13.1 Å². The zero-order valence-electron chi connectivity index (χ0n) is 13.2. The van der Waals surface area contributed by atoms with Crippen LogP contribution in [0.5, 0.6) is 0 Å². The van der Waals surface area contributed by atoms with Crippen molar-refractivity contribution in [3.63, 3.8) is 0 Å².